The van der Waals surface area contributed by atoms with Gasteiger partial charge in [0.1, 0.15) is 6.54 Å². The molecule has 1 aromatic rings. The molecule has 0 spiro atoms. The maximum Gasteiger partial charge on any atom is 0.334 e. The number of carbonyl (C=O) groups is 4. The number of urea groups is 1. The molecule has 0 saturated carbocycles. The minimum atomic E-state index is -3.77. The molecule has 1 N–H and O–H groups in total. The van der Waals surface area contributed by atoms with E-state index < -0.39 is 40.3 Å². The third kappa shape index (κ3) is 5.53. The van der Waals surface area contributed by atoms with E-state index in [-0.39, 0.29) is 22.2 Å². The van der Waals surface area contributed by atoms with Gasteiger partial charge in [0.05, 0.1) is 15.6 Å². The second kappa shape index (κ2) is 10.6. The molecule has 0 radical (unpaired) electrons. The third-order valence-corrected chi connectivity index (χ3v) is 7.81. The Morgan fingerprint density at radius 1 is 1.03 bits per heavy atom. The van der Waals surface area contributed by atoms with Crippen LogP contribution in [0, 0.1) is 0 Å². The van der Waals surface area contributed by atoms with Gasteiger partial charge in [0, 0.05) is 19.6 Å². The highest BCUT2D eigenvalue weighted by atomic mass is 35.5. The number of benzene rings is 1. The molecule has 3 rings (SSSR count). The Kier molecular flexibility index (Phi) is 8.09. The molecule has 0 atom stereocenters. The second-order valence-corrected chi connectivity index (χ2v) is 10.3. The van der Waals surface area contributed by atoms with Crippen molar-refractivity contribution in [1.82, 2.24) is 14.1 Å². The van der Waals surface area contributed by atoms with Gasteiger partial charge in [-0.1, -0.05) is 37.8 Å². The summed E-state index contributed by atoms with van der Waals surface area (Å²) in [5.41, 5.74) is 0.0332. The normalized spacial score (nSPS) is 18.1. The van der Waals surface area contributed by atoms with Crippen molar-refractivity contribution in [1.29, 1.82) is 0 Å². The van der Waals surface area contributed by atoms with E-state index in [0.29, 0.717) is 24.4 Å². The van der Waals surface area contributed by atoms with Crippen LogP contribution in [0.1, 0.15) is 45.4 Å². The fourth-order valence-electron chi connectivity index (χ4n) is 3.73. The van der Waals surface area contributed by atoms with E-state index in [0.717, 1.165) is 37.0 Å². The molecule has 2 fully saturated rings. The van der Waals surface area contributed by atoms with Crippen molar-refractivity contribution < 1.29 is 27.6 Å². The lowest BCUT2D eigenvalue weighted by Crippen LogP contribution is -2.39. The summed E-state index contributed by atoms with van der Waals surface area (Å²) in [5, 5.41) is 2.54. The van der Waals surface area contributed by atoms with E-state index in [9.17, 15) is 27.6 Å². The number of anilines is 1. The Morgan fingerprint density at radius 2 is 1.67 bits per heavy atom. The van der Waals surface area contributed by atoms with Crippen LogP contribution in [0.25, 0.3) is 0 Å². The quantitative estimate of drug-likeness (QED) is 0.433. The lowest BCUT2D eigenvalue weighted by atomic mass is 10.2. The summed E-state index contributed by atoms with van der Waals surface area (Å²) in [6, 6.07) is 3.14. The molecule has 2 saturated heterocycles. The molecule has 5 amide bonds. The van der Waals surface area contributed by atoms with Crippen LogP contribution in [0.3, 0.4) is 0 Å². The lowest BCUT2D eigenvalue weighted by Gasteiger charge is -2.20. The van der Waals surface area contributed by atoms with Crippen molar-refractivity contribution in [3.8, 4) is 0 Å². The SMILES string of the molecule is CCCCN1C(=O)C(=O)N(CC(=O)Nc2cc(S(=O)(=O)N3CCCCCC3)ccc2Cl)C1=O. The first-order valence-electron chi connectivity index (χ1n) is 10.9. The first kappa shape index (κ1) is 25.1. The molecule has 0 unspecified atom stereocenters. The van der Waals surface area contributed by atoms with Gasteiger partial charge in [0.2, 0.25) is 15.9 Å². The highest BCUT2D eigenvalue weighted by molar-refractivity contribution is 7.89. The Bertz CT molecular complexity index is 1050. The monoisotopic (exact) mass is 498 g/mol. The average molecular weight is 499 g/mol. The van der Waals surface area contributed by atoms with E-state index in [1.165, 1.54) is 22.5 Å². The topological polar surface area (TPSA) is 124 Å². The predicted molar refractivity (Wildman–Crippen MR) is 121 cm³/mol. The Balaban J connectivity index is 1.73. The minimum Gasteiger partial charge on any atom is -0.323 e. The number of nitrogens with zero attached hydrogens (tertiary/aromatic N) is 3. The number of hydrogen-bond donors (Lipinski definition) is 1. The van der Waals surface area contributed by atoms with Gasteiger partial charge in [-0.15, -0.1) is 0 Å². The van der Waals surface area contributed by atoms with E-state index >= 15 is 0 Å². The van der Waals surface area contributed by atoms with E-state index in [4.69, 9.17) is 11.6 Å². The fraction of sp³-hybridized carbons (Fsp3) is 0.524. The number of nitrogens with one attached hydrogen (secondary N) is 1. The molecule has 2 aliphatic heterocycles. The van der Waals surface area contributed by atoms with Crippen LogP contribution in [0.15, 0.2) is 23.1 Å². The first-order valence-corrected chi connectivity index (χ1v) is 12.8. The Morgan fingerprint density at radius 3 is 2.30 bits per heavy atom. The van der Waals surface area contributed by atoms with Gasteiger partial charge >= 0.3 is 17.8 Å². The van der Waals surface area contributed by atoms with Gasteiger partial charge in [-0.25, -0.2) is 18.1 Å². The largest absolute Gasteiger partial charge is 0.334 e. The summed E-state index contributed by atoms with van der Waals surface area (Å²) >= 11 is 6.15. The number of unbranched alkanes of at least 4 members (excludes halogenated alkanes) is 1. The van der Waals surface area contributed by atoms with Crippen LogP contribution in [0.4, 0.5) is 10.5 Å². The van der Waals surface area contributed by atoms with E-state index in [1.54, 1.807) is 0 Å². The second-order valence-electron chi connectivity index (χ2n) is 7.99. The number of halogens is 1. The van der Waals surface area contributed by atoms with E-state index in [1.807, 2.05) is 6.92 Å². The molecule has 10 nitrogen and oxygen atoms in total. The van der Waals surface area contributed by atoms with Crippen LogP contribution in [0.5, 0.6) is 0 Å². The smallest absolute Gasteiger partial charge is 0.323 e. The maximum absolute atomic E-state index is 13.0. The zero-order valence-electron chi connectivity index (χ0n) is 18.4. The molecular weight excluding hydrogens is 472 g/mol. The van der Waals surface area contributed by atoms with Gasteiger partial charge in [0.25, 0.3) is 0 Å². The van der Waals surface area contributed by atoms with Crippen molar-refractivity contribution in [2.75, 3.05) is 31.5 Å². The summed E-state index contributed by atoms with van der Waals surface area (Å²) in [5.74, 6) is -2.83. The van der Waals surface area contributed by atoms with Crippen molar-refractivity contribution >= 4 is 51.1 Å². The van der Waals surface area contributed by atoms with E-state index in [2.05, 4.69) is 5.32 Å². The van der Waals surface area contributed by atoms with Crippen LogP contribution >= 0.6 is 11.6 Å². The first-order chi connectivity index (χ1) is 15.7. The van der Waals surface area contributed by atoms with Crippen LogP contribution < -0.4 is 5.32 Å². The average Bonchev–Trinajstić information content (AvgIpc) is 2.99. The number of imide groups is 2. The fourth-order valence-corrected chi connectivity index (χ4v) is 5.44. The molecule has 2 heterocycles. The number of carbonyl (C=O) groups excluding carboxylic acids is 4. The number of rotatable bonds is 8. The summed E-state index contributed by atoms with van der Waals surface area (Å²) in [7, 11) is -3.77. The van der Waals surface area contributed by atoms with Crippen molar-refractivity contribution in [2.45, 2.75) is 50.3 Å². The zero-order chi connectivity index (χ0) is 24.2. The number of sulfonamides is 1. The van der Waals surface area contributed by atoms with Crippen molar-refractivity contribution in [2.24, 2.45) is 0 Å². The molecule has 12 heteroatoms. The van der Waals surface area contributed by atoms with Gasteiger partial charge in [-0.3, -0.25) is 19.3 Å². The molecular formula is C21H27ClN4O6S. The Labute approximate surface area is 197 Å². The van der Waals surface area contributed by atoms with Gasteiger partial charge in [-0.05, 0) is 37.5 Å². The molecule has 2 aliphatic rings. The number of hydrogen-bond acceptors (Lipinski definition) is 6. The van der Waals surface area contributed by atoms with Crippen LogP contribution in [0.2, 0.25) is 5.02 Å². The summed E-state index contributed by atoms with van der Waals surface area (Å²) in [6.45, 7) is 2.14. The maximum atomic E-state index is 13.0. The standard InChI is InChI=1S/C21H27ClN4O6S/c1-2-3-12-25-19(28)20(29)26(21(25)30)14-18(27)23-17-13-15(8-9-16(17)22)33(31,32)24-10-6-4-5-7-11-24/h8-9,13H,2-7,10-12,14H2,1H3,(H,23,27). The third-order valence-electron chi connectivity index (χ3n) is 5.59. The van der Waals surface area contributed by atoms with Crippen LogP contribution in [-0.4, -0.2) is 72.5 Å². The molecule has 33 heavy (non-hydrogen) atoms. The van der Waals surface area contributed by atoms with Gasteiger partial charge in [0.15, 0.2) is 0 Å². The summed E-state index contributed by atoms with van der Waals surface area (Å²) < 4.78 is 27.5. The Hall–Kier alpha value is -2.50. The zero-order valence-corrected chi connectivity index (χ0v) is 20.0. The molecule has 0 bridgehead atoms. The highest BCUT2D eigenvalue weighted by Crippen LogP contribution is 2.28. The van der Waals surface area contributed by atoms with Crippen LogP contribution in [-0.2, 0) is 24.4 Å². The molecule has 1 aromatic carbocycles. The van der Waals surface area contributed by atoms with Crippen molar-refractivity contribution in [3.63, 3.8) is 0 Å². The number of amides is 5. The molecule has 0 aliphatic carbocycles. The minimum absolute atomic E-state index is 0.0154. The summed E-state index contributed by atoms with van der Waals surface area (Å²) in [4.78, 5) is 50.5. The van der Waals surface area contributed by atoms with Gasteiger partial charge in [-0.2, -0.15) is 4.31 Å². The van der Waals surface area contributed by atoms with Crippen molar-refractivity contribution in [3.05, 3.63) is 23.2 Å². The predicted octanol–water partition coefficient (Wildman–Crippen LogP) is 2.43. The van der Waals surface area contributed by atoms with Gasteiger partial charge < -0.3 is 5.32 Å². The highest BCUT2D eigenvalue weighted by Gasteiger charge is 2.44. The lowest BCUT2D eigenvalue weighted by molar-refractivity contribution is -0.143. The molecule has 180 valence electrons. The molecule has 0 aromatic heterocycles. The summed E-state index contributed by atoms with van der Waals surface area (Å²) in [6.07, 6.45) is 4.77.